The van der Waals surface area contributed by atoms with Crippen LogP contribution in [0, 0.1) is 6.92 Å². The molecule has 1 aromatic heterocycles. The number of carbonyl (C=O) groups is 1. The van der Waals surface area contributed by atoms with E-state index in [0.29, 0.717) is 18.0 Å². The molecule has 0 bridgehead atoms. The third-order valence-corrected chi connectivity index (χ3v) is 3.67. The van der Waals surface area contributed by atoms with Crippen molar-refractivity contribution in [3.63, 3.8) is 0 Å². The summed E-state index contributed by atoms with van der Waals surface area (Å²) in [6.45, 7) is 2.42. The Labute approximate surface area is 133 Å². The van der Waals surface area contributed by atoms with Crippen LogP contribution in [0.5, 0.6) is 0 Å². The van der Waals surface area contributed by atoms with Crippen LogP contribution in [0.15, 0.2) is 42.5 Å². The van der Waals surface area contributed by atoms with Crippen molar-refractivity contribution < 1.29 is 4.79 Å². The minimum atomic E-state index is -0.0426. The molecule has 0 atom stereocenters. The van der Waals surface area contributed by atoms with Crippen molar-refractivity contribution >= 4 is 28.5 Å². The van der Waals surface area contributed by atoms with Gasteiger partial charge in [0.2, 0.25) is 5.91 Å². The van der Waals surface area contributed by atoms with E-state index in [0.717, 1.165) is 22.4 Å². The second kappa shape index (κ2) is 6.20. The molecule has 3 rings (SSSR count). The van der Waals surface area contributed by atoms with Crippen molar-refractivity contribution in [3.05, 3.63) is 64.4 Å². The molecule has 112 valence electrons. The fraction of sp³-hybridized carbons (Fsp3) is 0.176. The van der Waals surface area contributed by atoms with E-state index in [-0.39, 0.29) is 5.91 Å². The van der Waals surface area contributed by atoms with Crippen LogP contribution in [0.25, 0.3) is 11.0 Å². The van der Waals surface area contributed by atoms with Crippen molar-refractivity contribution in [2.45, 2.75) is 19.9 Å². The van der Waals surface area contributed by atoms with Gasteiger partial charge in [0.25, 0.3) is 0 Å². The highest BCUT2D eigenvalue weighted by Gasteiger charge is 2.06. The molecule has 22 heavy (non-hydrogen) atoms. The molecule has 2 aromatic carbocycles. The van der Waals surface area contributed by atoms with Crippen LogP contribution in [0.3, 0.4) is 0 Å². The van der Waals surface area contributed by atoms with E-state index in [9.17, 15) is 4.79 Å². The van der Waals surface area contributed by atoms with E-state index >= 15 is 0 Å². The molecular weight excluding hydrogens is 298 g/mol. The highest BCUT2D eigenvalue weighted by molar-refractivity contribution is 6.30. The number of imidazole rings is 1. The Kier molecular flexibility index (Phi) is 4.11. The zero-order chi connectivity index (χ0) is 15.5. The predicted octanol–water partition coefficient (Wildman–Crippen LogP) is 3.38. The number of nitrogens with one attached hydrogen (secondary N) is 2. The van der Waals surface area contributed by atoms with Crippen molar-refractivity contribution in [1.29, 1.82) is 0 Å². The summed E-state index contributed by atoms with van der Waals surface area (Å²) in [4.78, 5) is 19.6. The maximum absolute atomic E-state index is 12.0. The summed E-state index contributed by atoms with van der Waals surface area (Å²) < 4.78 is 0. The lowest BCUT2D eigenvalue weighted by Crippen LogP contribution is -2.25. The number of carbonyl (C=O) groups excluding carboxylic acids is 1. The monoisotopic (exact) mass is 313 g/mol. The molecule has 0 fully saturated rings. The van der Waals surface area contributed by atoms with Gasteiger partial charge in [-0.2, -0.15) is 0 Å². The number of aromatic nitrogens is 2. The Bertz CT molecular complexity index is 808. The first-order valence-corrected chi connectivity index (χ1v) is 7.44. The maximum atomic E-state index is 12.0. The lowest BCUT2D eigenvalue weighted by atomic mass is 10.1. The molecule has 1 heterocycles. The molecule has 0 spiro atoms. The number of hydrogen-bond donors (Lipinski definition) is 2. The third-order valence-electron chi connectivity index (χ3n) is 3.42. The SMILES string of the molecule is Cc1ccc2nc(CNC(=O)Cc3ccc(Cl)cc3)[nH]c2c1. The van der Waals surface area contributed by atoms with Gasteiger partial charge in [0, 0.05) is 5.02 Å². The smallest absolute Gasteiger partial charge is 0.224 e. The third kappa shape index (κ3) is 3.46. The Hall–Kier alpha value is -2.33. The van der Waals surface area contributed by atoms with Gasteiger partial charge in [-0.15, -0.1) is 0 Å². The van der Waals surface area contributed by atoms with Crippen molar-refractivity contribution in [3.8, 4) is 0 Å². The Balaban J connectivity index is 1.61. The zero-order valence-electron chi connectivity index (χ0n) is 12.2. The van der Waals surface area contributed by atoms with Crippen LogP contribution in [0.4, 0.5) is 0 Å². The first kappa shape index (κ1) is 14.6. The fourth-order valence-corrected chi connectivity index (χ4v) is 2.42. The summed E-state index contributed by atoms with van der Waals surface area (Å²) >= 11 is 5.83. The van der Waals surface area contributed by atoms with Gasteiger partial charge in [0.05, 0.1) is 24.0 Å². The number of aromatic amines is 1. The maximum Gasteiger partial charge on any atom is 0.224 e. The van der Waals surface area contributed by atoms with Crippen molar-refractivity contribution in [2.24, 2.45) is 0 Å². The number of amides is 1. The average Bonchev–Trinajstić information content (AvgIpc) is 2.89. The summed E-state index contributed by atoms with van der Waals surface area (Å²) in [5.74, 6) is 0.712. The predicted molar refractivity (Wildman–Crippen MR) is 87.8 cm³/mol. The van der Waals surface area contributed by atoms with Gasteiger partial charge in [-0.25, -0.2) is 4.98 Å². The van der Waals surface area contributed by atoms with E-state index in [4.69, 9.17) is 11.6 Å². The van der Waals surface area contributed by atoms with Gasteiger partial charge in [0.1, 0.15) is 5.82 Å². The molecule has 3 aromatic rings. The number of nitrogens with zero attached hydrogens (tertiary/aromatic N) is 1. The molecule has 0 saturated heterocycles. The summed E-state index contributed by atoms with van der Waals surface area (Å²) in [6, 6.07) is 13.3. The normalized spacial score (nSPS) is 10.8. The summed E-state index contributed by atoms with van der Waals surface area (Å²) in [7, 11) is 0. The first-order valence-electron chi connectivity index (χ1n) is 7.06. The molecule has 0 saturated carbocycles. The Morgan fingerprint density at radius 3 is 2.77 bits per heavy atom. The molecule has 0 unspecified atom stereocenters. The topological polar surface area (TPSA) is 57.8 Å². The van der Waals surface area contributed by atoms with E-state index in [1.54, 1.807) is 12.1 Å². The van der Waals surface area contributed by atoms with Crippen LogP contribution >= 0.6 is 11.6 Å². The lowest BCUT2D eigenvalue weighted by molar-refractivity contribution is -0.120. The Morgan fingerprint density at radius 2 is 2.00 bits per heavy atom. The molecule has 0 radical (unpaired) electrons. The van der Waals surface area contributed by atoms with Crippen LogP contribution in [0.1, 0.15) is 17.0 Å². The second-order valence-electron chi connectivity index (χ2n) is 5.28. The van der Waals surface area contributed by atoms with Gasteiger partial charge in [-0.1, -0.05) is 29.8 Å². The molecular formula is C17H16ClN3O. The molecule has 0 aliphatic rings. The zero-order valence-corrected chi connectivity index (χ0v) is 12.9. The van der Waals surface area contributed by atoms with Crippen molar-refractivity contribution in [2.75, 3.05) is 0 Å². The number of benzene rings is 2. The molecule has 0 aliphatic carbocycles. The number of H-pyrrole nitrogens is 1. The molecule has 5 heteroatoms. The van der Waals surface area contributed by atoms with Crippen LogP contribution in [-0.4, -0.2) is 15.9 Å². The van der Waals surface area contributed by atoms with E-state index in [2.05, 4.69) is 15.3 Å². The second-order valence-corrected chi connectivity index (χ2v) is 5.72. The summed E-state index contributed by atoms with van der Waals surface area (Å²) in [6.07, 6.45) is 0.330. The van der Waals surface area contributed by atoms with Gasteiger partial charge >= 0.3 is 0 Å². The van der Waals surface area contributed by atoms with Crippen molar-refractivity contribution in [1.82, 2.24) is 15.3 Å². The van der Waals surface area contributed by atoms with Gasteiger partial charge < -0.3 is 10.3 Å². The largest absolute Gasteiger partial charge is 0.349 e. The number of rotatable bonds is 4. The van der Waals surface area contributed by atoms with E-state index in [1.807, 2.05) is 37.3 Å². The summed E-state index contributed by atoms with van der Waals surface area (Å²) in [5.41, 5.74) is 4.01. The highest BCUT2D eigenvalue weighted by Crippen LogP contribution is 2.13. The average molecular weight is 314 g/mol. The minimum Gasteiger partial charge on any atom is -0.349 e. The molecule has 0 aliphatic heterocycles. The van der Waals surface area contributed by atoms with Gasteiger partial charge in [0.15, 0.2) is 0 Å². The van der Waals surface area contributed by atoms with E-state index in [1.165, 1.54) is 5.56 Å². The van der Waals surface area contributed by atoms with Gasteiger partial charge in [-0.05, 0) is 42.3 Å². The van der Waals surface area contributed by atoms with Gasteiger partial charge in [-0.3, -0.25) is 4.79 Å². The van der Waals surface area contributed by atoms with Crippen LogP contribution < -0.4 is 5.32 Å². The van der Waals surface area contributed by atoms with Crippen LogP contribution in [-0.2, 0) is 17.8 Å². The van der Waals surface area contributed by atoms with Crippen LogP contribution in [0.2, 0.25) is 5.02 Å². The number of halogens is 1. The lowest BCUT2D eigenvalue weighted by Gasteiger charge is -2.03. The first-order chi connectivity index (χ1) is 10.6. The summed E-state index contributed by atoms with van der Waals surface area (Å²) in [5, 5.41) is 3.54. The molecule has 1 amide bonds. The number of fused-ring (bicyclic) bond motifs is 1. The van der Waals surface area contributed by atoms with E-state index < -0.39 is 0 Å². The molecule has 2 N–H and O–H groups in total. The number of aryl methyl sites for hydroxylation is 1. The molecule has 4 nitrogen and oxygen atoms in total. The standard InChI is InChI=1S/C17H16ClN3O/c1-11-2-7-14-15(8-11)21-16(20-14)10-19-17(22)9-12-3-5-13(18)6-4-12/h2-8H,9-10H2,1H3,(H,19,22)(H,20,21). The number of hydrogen-bond acceptors (Lipinski definition) is 2. The Morgan fingerprint density at radius 1 is 1.23 bits per heavy atom. The quantitative estimate of drug-likeness (QED) is 0.775. The fourth-order valence-electron chi connectivity index (χ4n) is 2.29. The minimum absolute atomic E-state index is 0.0426. The highest BCUT2D eigenvalue weighted by atomic mass is 35.5.